The largest absolute Gasteiger partial charge is 0.293 e. The molecule has 0 atom stereocenters. The van der Waals surface area contributed by atoms with Crippen LogP contribution >= 0.6 is 11.6 Å². The molecule has 22 heavy (non-hydrogen) atoms. The van der Waals surface area contributed by atoms with Crippen molar-refractivity contribution in [1.82, 2.24) is 0 Å². The molecule has 114 valence electrons. The third kappa shape index (κ3) is 2.60. The van der Waals surface area contributed by atoms with Gasteiger partial charge >= 0.3 is 0 Å². The van der Waals surface area contributed by atoms with E-state index in [9.17, 15) is 17.6 Å². The third-order valence-electron chi connectivity index (χ3n) is 3.45. The summed E-state index contributed by atoms with van der Waals surface area (Å²) < 4.78 is 39.5. The Hall–Kier alpha value is -1.92. The lowest BCUT2D eigenvalue weighted by atomic mass is 10.1. The summed E-state index contributed by atoms with van der Waals surface area (Å²) in [5.41, 5.74) is 0.689. The van der Waals surface area contributed by atoms with E-state index >= 15 is 0 Å². The number of ketones is 1. The van der Waals surface area contributed by atoms with E-state index in [-0.39, 0.29) is 23.4 Å². The van der Waals surface area contributed by atoms with Crippen LogP contribution in [-0.4, -0.2) is 20.0 Å². The van der Waals surface area contributed by atoms with Crippen molar-refractivity contribution in [2.24, 2.45) is 0 Å². The van der Waals surface area contributed by atoms with Crippen LogP contribution in [0.25, 0.3) is 0 Å². The van der Waals surface area contributed by atoms with E-state index in [0.717, 1.165) is 4.31 Å². The van der Waals surface area contributed by atoms with Gasteiger partial charge < -0.3 is 0 Å². The summed E-state index contributed by atoms with van der Waals surface area (Å²) in [6, 6.07) is 10.3. The van der Waals surface area contributed by atoms with Gasteiger partial charge in [0.1, 0.15) is 11.6 Å². The van der Waals surface area contributed by atoms with Crippen LogP contribution in [-0.2, 0) is 16.6 Å². The van der Waals surface area contributed by atoms with Crippen molar-refractivity contribution in [1.29, 1.82) is 0 Å². The number of anilines is 1. The molecule has 7 heteroatoms. The van der Waals surface area contributed by atoms with Gasteiger partial charge in [-0.1, -0.05) is 29.8 Å². The highest BCUT2D eigenvalue weighted by Crippen LogP contribution is 2.33. The second-order valence-electron chi connectivity index (χ2n) is 4.94. The molecule has 0 unspecified atom stereocenters. The lowest BCUT2D eigenvalue weighted by Crippen LogP contribution is -2.40. The zero-order valence-electron chi connectivity index (χ0n) is 11.3. The summed E-state index contributed by atoms with van der Waals surface area (Å²) in [5, 5.41) is 0.308. The summed E-state index contributed by atoms with van der Waals surface area (Å²) in [5.74, 6) is -1.62. The maximum Gasteiger partial charge on any atom is 0.243 e. The maximum atomic E-state index is 13.8. The maximum absolute atomic E-state index is 13.8. The van der Waals surface area contributed by atoms with Crippen LogP contribution in [0.15, 0.2) is 42.5 Å². The van der Waals surface area contributed by atoms with Gasteiger partial charge in [0.15, 0.2) is 5.78 Å². The molecule has 0 bridgehead atoms. The topological polar surface area (TPSA) is 54.5 Å². The second-order valence-corrected chi connectivity index (χ2v) is 7.27. The molecule has 0 aromatic heterocycles. The highest BCUT2D eigenvalue weighted by atomic mass is 35.5. The van der Waals surface area contributed by atoms with E-state index in [0.29, 0.717) is 5.02 Å². The van der Waals surface area contributed by atoms with Crippen molar-refractivity contribution < 1.29 is 17.6 Å². The van der Waals surface area contributed by atoms with Crippen LogP contribution in [0.1, 0.15) is 15.9 Å². The highest BCUT2D eigenvalue weighted by Gasteiger charge is 2.35. The van der Waals surface area contributed by atoms with Crippen molar-refractivity contribution in [2.45, 2.75) is 6.54 Å². The van der Waals surface area contributed by atoms with Crippen LogP contribution in [0, 0.1) is 5.82 Å². The zero-order valence-corrected chi connectivity index (χ0v) is 12.9. The first-order valence-electron chi connectivity index (χ1n) is 6.45. The average Bonchev–Trinajstić information content (AvgIpc) is 2.44. The van der Waals surface area contributed by atoms with Gasteiger partial charge in [-0.2, -0.15) is 0 Å². The number of benzene rings is 2. The molecule has 4 nitrogen and oxygen atoms in total. The number of rotatable bonds is 2. The van der Waals surface area contributed by atoms with Crippen molar-refractivity contribution in [3.63, 3.8) is 0 Å². The van der Waals surface area contributed by atoms with Gasteiger partial charge in [-0.25, -0.2) is 12.8 Å². The number of sulfonamides is 1. The molecule has 1 heterocycles. The fourth-order valence-electron chi connectivity index (χ4n) is 2.38. The quantitative estimate of drug-likeness (QED) is 0.845. The zero-order chi connectivity index (χ0) is 15.9. The van der Waals surface area contributed by atoms with Crippen LogP contribution in [0.5, 0.6) is 0 Å². The lowest BCUT2D eigenvalue weighted by Gasteiger charge is -2.30. The monoisotopic (exact) mass is 339 g/mol. The van der Waals surface area contributed by atoms with Gasteiger partial charge in [-0.15, -0.1) is 0 Å². The van der Waals surface area contributed by atoms with Gasteiger partial charge in [0.25, 0.3) is 0 Å². The summed E-state index contributed by atoms with van der Waals surface area (Å²) in [4.78, 5) is 12.0. The molecule has 0 saturated heterocycles. The van der Waals surface area contributed by atoms with Crippen molar-refractivity contribution in [3.8, 4) is 0 Å². The van der Waals surface area contributed by atoms with Gasteiger partial charge in [0, 0.05) is 16.1 Å². The number of fused-ring (bicyclic) bond motifs is 1. The first-order chi connectivity index (χ1) is 10.4. The standard InChI is InChI=1S/C15H11ClFNO3S/c16-11-5-6-12-14(7-11)18(22(20,21)9-15(12)19)8-10-3-1-2-4-13(10)17/h1-7H,8-9H2. The van der Waals surface area contributed by atoms with E-state index in [1.165, 1.54) is 36.4 Å². The average molecular weight is 340 g/mol. The summed E-state index contributed by atoms with van der Waals surface area (Å²) in [6.45, 7) is -0.185. The Morgan fingerprint density at radius 2 is 1.91 bits per heavy atom. The number of nitrogens with zero attached hydrogens (tertiary/aromatic N) is 1. The number of carbonyl (C=O) groups excluding carboxylic acids is 1. The Balaban J connectivity index is 2.13. The van der Waals surface area contributed by atoms with Crippen molar-refractivity contribution in [2.75, 3.05) is 10.1 Å². The summed E-state index contributed by atoms with van der Waals surface area (Å²) in [7, 11) is -3.86. The number of halogens is 2. The number of hydrogen-bond donors (Lipinski definition) is 0. The minimum Gasteiger partial charge on any atom is -0.293 e. The van der Waals surface area contributed by atoms with E-state index in [1.807, 2.05) is 0 Å². The molecule has 0 amide bonds. The Morgan fingerprint density at radius 3 is 2.64 bits per heavy atom. The third-order valence-corrected chi connectivity index (χ3v) is 5.31. The minimum atomic E-state index is -3.86. The molecule has 0 spiro atoms. The molecule has 0 N–H and O–H groups in total. The summed E-state index contributed by atoms with van der Waals surface area (Å²) in [6.07, 6.45) is 0. The molecule has 0 saturated carbocycles. The molecule has 0 radical (unpaired) electrons. The van der Waals surface area contributed by atoms with Gasteiger partial charge in [0.05, 0.1) is 12.2 Å². The van der Waals surface area contributed by atoms with E-state index in [1.54, 1.807) is 6.07 Å². The Bertz CT molecular complexity index is 867. The number of carbonyl (C=O) groups is 1. The SMILES string of the molecule is O=C1CS(=O)(=O)N(Cc2ccccc2F)c2cc(Cl)ccc21. The molecule has 0 aliphatic carbocycles. The fraction of sp³-hybridized carbons (Fsp3) is 0.133. The minimum absolute atomic E-state index is 0.185. The van der Waals surface area contributed by atoms with Gasteiger partial charge in [0.2, 0.25) is 10.0 Å². The first kappa shape index (κ1) is 15.0. The second kappa shape index (κ2) is 5.37. The Kier molecular flexibility index (Phi) is 3.66. The number of hydrogen-bond acceptors (Lipinski definition) is 3. The smallest absolute Gasteiger partial charge is 0.243 e. The van der Waals surface area contributed by atoms with Crippen LogP contribution in [0.2, 0.25) is 5.02 Å². The molecule has 0 fully saturated rings. The molecule has 1 aliphatic rings. The lowest BCUT2D eigenvalue weighted by molar-refractivity contribution is 0.102. The molecular weight excluding hydrogens is 329 g/mol. The van der Waals surface area contributed by atoms with Crippen LogP contribution in [0.3, 0.4) is 0 Å². The predicted octanol–water partition coefficient (Wildman–Crippen LogP) is 3.01. The first-order valence-corrected chi connectivity index (χ1v) is 8.44. The van der Waals surface area contributed by atoms with Crippen molar-refractivity contribution >= 4 is 33.1 Å². The Morgan fingerprint density at radius 1 is 1.18 bits per heavy atom. The summed E-state index contributed by atoms with van der Waals surface area (Å²) >= 11 is 5.91. The molecular formula is C15H11ClFNO3S. The predicted molar refractivity (Wildman–Crippen MR) is 82.2 cm³/mol. The van der Waals surface area contributed by atoms with E-state index < -0.39 is 27.4 Å². The van der Waals surface area contributed by atoms with Gasteiger partial charge in [-0.3, -0.25) is 9.10 Å². The number of Topliss-reactive ketones (excluding diaryl/α,β-unsaturated/α-hetero) is 1. The van der Waals surface area contributed by atoms with E-state index in [4.69, 9.17) is 11.6 Å². The van der Waals surface area contributed by atoms with E-state index in [2.05, 4.69) is 0 Å². The molecule has 1 aliphatic heterocycles. The molecule has 3 rings (SSSR count). The fourth-order valence-corrected chi connectivity index (χ4v) is 3.98. The Labute approximate surface area is 132 Å². The molecule has 2 aromatic rings. The van der Waals surface area contributed by atoms with Crippen LogP contribution in [0.4, 0.5) is 10.1 Å². The van der Waals surface area contributed by atoms with Crippen molar-refractivity contribution in [3.05, 3.63) is 64.4 Å². The molecule has 2 aromatic carbocycles. The van der Waals surface area contributed by atoms with Crippen LogP contribution < -0.4 is 4.31 Å². The normalized spacial score (nSPS) is 16.5. The highest BCUT2D eigenvalue weighted by molar-refractivity contribution is 7.93. The van der Waals surface area contributed by atoms with Gasteiger partial charge in [-0.05, 0) is 24.3 Å².